The van der Waals surface area contributed by atoms with Crippen molar-refractivity contribution in [2.45, 2.75) is 10.8 Å². The molecule has 122 valence electrons. The second kappa shape index (κ2) is 7.55. The molecule has 0 aliphatic rings. The largest absolute Gasteiger partial charge is 0.265 e. The van der Waals surface area contributed by atoms with Gasteiger partial charge in [0.05, 0.1) is 11.4 Å². The Morgan fingerprint density at radius 1 is 0.840 bits per heavy atom. The van der Waals surface area contributed by atoms with Crippen LogP contribution in [0.2, 0.25) is 0 Å². The summed E-state index contributed by atoms with van der Waals surface area (Å²) >= 11 is 3.32. The predicted molar refractivity (Wildman–Crippen MR) is 102 cm³/mol. The maximum Gasteiger partial charge on any atom is 0.123 e. The Morgan fingerprint density at radius 2 is 1.68 bits per heavy atom. The van der Waals surface area contributed by atoms with Crippen molar-refractivity contribution in [3.05, 3.63) is 78.1 Å². The van der Waals surface area contributed by atoms with Gasteiger partial charge < -0.3 is 0 Å². The highest BCUT2D eigenvalue weighted by Crippen LogP contribution is 2.27. The Bertz CT molecular complexity index is 938. The summed E-state index contributed by atoms with van der Waals surface area (Å²) in [5.41, 5.74) is 4.09. The summed E-state index contributed by atoms with van der Waals surface area (Å²) in [6.45, 7) is 0. The number of rotatable bonds is 5. The van der Waals surface area contributed by atoms with Crippen LogP contribution in [0.15, 0.2) is 77.4 Å². The topological polar surface area (TPSA) is 51.6 Å². The van der Waals surface area contributed by atoms with Crippen molar-refractivity contribution >= 4 is 23.1 Å². The zero-order valence-corrected chi connectivity index (χ0v) is 14.9. The lowest BCUT2D eigenvalue weighted by Gasteiger charge is -2.01. The number of hydrogen-bond donors (Lipinski definition) is 0. The summed E-state index contributed by atoms with van der Waals surface area (Å²) in [4.78, 5) is 8.72. The molecule has 0 fully saturated rings. The minimum atomic E-state index is 0.784. The molecule has 0 spiro atoms. The van der Waals surface area contributed by atoms with Crippen molar-refractivity contribution in [3.63, 3.8) is 0 Å². The highest BCUT2D eigenvalue weighted by atomic mass is 32.2. The van der Waals surface area contributed by atoms with Gasteiger partial charge in [-0.15, -0.1) is 21.5 Å². The van der Waals surface area contributed by atoms with Crippen LogP contribution in [0.5, 0.6) is 0 Å². The van der Waals surface area contributed by atoms with Crippen molar-refractivity contribution in [3.8, 4) is 21.8 Å². The van der Waals surface area contributed by atoms with Crippen LogP contribution >= 0.6 is 23.1 Å². The molecule has 0 amide bonds. The molecule has 6 heteroatoms. The molecule has 1 aromatic carbocycles. The van der Waals surface area contributed by atoms with E-state index in [2.05, 4.69) is 32.7 Å². The normalized spacial score (nSPS) is 10.7. The number of benzene rings is 1. The zero-order valence-electron chi connectivity index (χ0n) is 13.2. The second-order valence-corrected chi connectivity index (χ2v) is 7.15. The van der Waals surface area contributed by atoms with Crippen LogP contribution in [0.25, 0.3) is 21.8 Å². The fourth-order valence-electron chi connectivity index (χ4n) is 2.31. The van der Waals surface area contributed by atoms with E-state index in [4.69, 9.17) is 4.98 Å². The van der Waals surface area contributed by atoms with Crippen molar-refractivity contribution in [2.75, 3.05) is 0 Å². The molecule has 0 saturated carbocycles. The fraction of sp³-hybridized carbons (Fsp3) is 0.0526. The van der Waals surface area contributed by atoms with Crippen LogP contribution in [-0.4, -0.2) is 20.2 Å². The van der Waals surface area contributed by atoms with Crippen molar-refractivity contribution in [1.29, 1.82) is 0 Å². The molecule has 4 rings (SSSR count). The van der Waals surface area contributed by atoms with E-state index in [0.29, 0.717) is 0 Å². The first kappa shape index (κ1) is 15.9. The van der Waals surface area contributed by atoms with Gasteiger partial charge in [0, 0.05) is 34.7 Å². The predicted octanol–water partition coefficient (Wildman–Crippen LogP) is 4.95. The fourth-order valence-corrected chi connectivity index (χ4v) is 3.95. The third-order valence-electron chi connectivity index (χ3n) is 3.56. The summed E-state index contributed by atoms with van der Waals surface area (Å²) in [7, 11) is 0. The van der Waals surface area contributed by atoms with Gasteiger partial charge in [-0.25, -0.2) is 4.98 Å². The van der Waals surface area contributed by atoms with Crippen molar-refractivity contribution in [1.82, 2.24) is 20.2 Å². The average molecular weight is 362 g/mol. The highest BCUT2D eigenvalue weighted by Gasteiger charge is 2.06. The Labute approximate surface area is 154 Å². The van der Waals surface area contributed by atoms with E-state index < -0.39 is 0 Å². The molecule has 0 atom stereocenters. The summed E-state index contributed by atoms with van der Waals surface area (Å²) in [5, 5.41) is 12.7. The van der Waals surface area contributed by atoms with Gasteiger partial charge in [-0.3, -0.25) is 4.98 Å². The smallest absolute Gasteiger partial charge is 0.123 e. The zero-order chi connectivity index (χ0) is 16.9. The monoisotopic (exact) mass is 362 g/mol. The van der Waals surface area contributed by atoms with Gasteiger partial charge in [-0.2, -0.15) is 0 Å². The molecule has 3 aromatic heterocycles. The van der Waals surface area contributed by atoms with E-state index in [9.17, 15) is 0 Å². The molecule has 0 aliphatic carbocycles. The molecule has 0 unspecified atom stereocenters. The maximum atomic E-state index is 4.70. The molecule has 25 heavy (non-hydrogen) atoms. The third kappa shape index (κ3) is 3.92. The van der Waals surface area contributed by atoms with Gasteiger partial charge in [0.15, 0.2) is 0 Å². The molecule has 0 bridgehead atoms. The molecule has 0 aliphatic heterocycles. The number of hydrogen-bond acceptors (Lipinski definition) is 6. The van der Waals surface area contributed by atoms with Gasteiger partial charge in [-0.1, -0.05) is 42.1 Å². The quantitative estimate of drug-likeness (QED) is 0.470. The van der Waals surface area contributed by atoms with E-state index in [-0.39, 0.29) is 0 Å². The summed E-state index contributed by atoms with van der Waals surface area (Å²) in [5.74, 6) is 0.784. The first-order valence-corrected chi connectivity index (χ1v) is 9.62. The summed E-state index contributed by atoms with van der Waals surface area (Å²) < 4.78 is 0. The number of aromatic nitrogens is 4. The Morgan fingerprint density at radius 3 is 2.44 bits per heavy atom. The van der Waals surface area contributed by atoms with E-state index in [1.807, 2.05) is 42.5 Å². The third-order valence-corrected chi connectivity index (χ3v) is 5.45. The van der Waals surface area contributed by atoms with E-state index in [1.165, 1.54) is 0 Å². The first-order chi connectivity index (χ1) is 12.4. The second-order valence-electron chi connectivity index (χ2n) is 5.29. The number of pyridine rings is 1. The molecular weight excluding hydrogens is 348 g/mol. The SMILES string of the molecule is c1ccc(-c2nc(CSc3ccc(-c4ccncc4)nn3)cs2)cc1. The van der Waals surface area contributed by atoms with Crippen LogP contribution in [0.4, 0.5) is 0 Å². The van der Waals surface area contributed by atoms with Crippen LogP contribution in [-0.2, 0) is 5.75 Å². The molecule has 3 heterocycles. The van der Waals surface area contributed by atoms with Crippen molar-refractivity contribution < 1.29 is 0 Å². The number of nitrogens with zero attached hydrogens (tertiary/aromatic N) is 4. The van der Waals surface area contributed by atoms with Crippen LogP contribution < -0.4 is 0 Å². The first-order valence-electron chi connectivity index (χ1n) is 7.75. The summed E-state index contributed by atoms with van der Waals surface area (Å²) in [6, 6.07) is 18.1. The van der Waals surface area contributed by atoms with E-state index in [1.54, 1.807) is 35.5 Å². The molecular formula is C19H14N4S2. The summed E-state index contributed by atoms with van der Waals surface area (Å²) in [6.07, 6.45) is 3.51. The van der Waals surface area contributed by atoms with Gasteiger partial charge in [-0.05, 0) is 24.3 Å². The van der Waals surface area contributed by atoms with Crippen LogP contribution in [0.3, 0.4) is 0 Å². The molecule has 0 saturated heterocycles. The van der Waals surface area contributed by atoms with Gasteiger partial charge >= 0.3 is 0 Å². The minimum absolute atomic E-state index is 0.784. The lowest BCUT2D eigenvalue weighted by molar-refractivity contribution is 0.934. The van der Waals surface area contributed by atoms with E-state index >= 15 is 0 Å². The average Bonchev–Trinajstić information content (AvgIpc) is 3.17. The van der Waals surface area contributed by atoms with Gasteiger partial charge in [0.1, 0.15) is 10.0 Å². The Hall–Kier alpha value is -2.57. The molecule has 4 nitrogen and oxygen atoms in total. The van der Waals surface area contributed by atoms with E-state index in [0.717, 1.165) is 38.3 Å². The standard InChI is InChI=1S/C19H14N4S2/c1-2-4-15(5-3-1)19-21-16(13-25-19)12-24-18-7-6-17(22-23-18)14-8-10-20-11-9-14/h1-11,13H,12H2. The molecule has 0 N–H and O–H groups in total. The molecule has 4 aromatic rings. The van der Waals surface area contributed by atoms with Crippen LogP contribution in [0.1, 0.15) is 5.69 Å². The van der Waals surface area contributed by atoms with Gasteiger partial charge in [0.25, 0.3) is 0 Å². The number of thioether (sulfide) groups is 1. The molecule has 0 radical (unpaired) electrons. The lowest BCUT2D eigenvalue weighted by Crippen LogP contribution is -1.90. The Kier molecular flexibility index (Phi) is 4.81. The minimum Gasteiger partial charge on any atom is -0.265 e. The lowest BCUT2D eigenvalue weighted by atomic mass is 10.2. The number of thiazole rings is 1. The Balaban J connectivity index is 1.41. The van der Waals surface area contributed by atoms with Crippen molar-refractivity contribution in [2.24, 2.45) is 0 Å². The van der Waals surface area contributed by atoms with Gasteiger partial charge in [0.2, 0.25) is 0 Å². The maximum absolute atomic E-state index is 4.70. The highest BCUT2D eigenvalue weighted by molar-refractivity contribution is 7.98. The van der Waals surface area contributed by atoms with Crippen LogP contribution in [0, 0.1) is 0 Å².